The van der Waals surface area contributed by atoms with Crippen LogP contribution in [-0.4, -0.2) is 11.8 Å². The van der Waals surface area contributed by atoms with Crippen LogP contribution in [0.2, 0.25) is 0 Å². The first-order valence-electron chi connectivity index (χ1n) is 11.2. The van der Waals surface area contributed by atoms with E-state index in [0.29, 0.717) is 17.7 Å². The van der Waals surface area contributed by atoms with Gasteiger partial charge in [-0.25, -0.2) is 0 Å². The van der Waals surface area contributed by atoms with Crippen molar-refractivity contribution in [3.8, 4) is 0 Å². The Balaban J connectivity index is 1.28. The van der Waals surface area contributed by atoms with Gasteiger partial charge in [0.2, 0.25) is 5.91 Å². The van der Waals surface area contributed by atoms with E-state index in [9.17, 15) is 9.59 Å². The first-order chi connectivity index (χ1) is 14.5. The van der Waals surface area contributed by atoms with Crippen molar-refractivity contribution >= 4 is 23.2 Å². The third kappa shape index (κ3) is 3.88. The molecule has 0 atom stereocenters. The summed E-state index contributed by atoms with van der Waals surface area (Å²) < 4.78 is 0. The fourth-order valence-electron chi connectivity index (χ4n) is 6.75. The van der Waals surface area contributed by atoms with E-state index in [0.717, 1.165) is 29.0 Å². The van der Waals surface area contributed by atoms with Crippen molar-refractivity contribution in [3.05, 3.63) is 59.7 Å². The molecule has 4 nitrogen and oxygen atoms in total. The molecule has 6 rings (SSSR count). The summed E-state index contributed by atoms with van der Waals surface area (Å²) in [5.41, 5.74) is 3.13. The molecule has 0 saturated heterocycles. The molecule has 0 heterocycles. The normalized spacial score (nSPS) is 28.9. The molecule has 0 aromatic heterocycles. The van der Waals surface area contributed by atoms with Crippen molar-refractivity contribution in [2.24, 2.45) is 23.2 Å². The average Bonchev–Trinajstić information content (AvgIpc) is 2.66. The minimum Gasteiger partial charge on any atom is -0.325 e. The van der Waals surface area contributed by atoms with Gasteiger partial charge in [-0.3, -0.25) is 9.59 Å². The minimum absolute atomic E-state index is 0.0488. The zero-order valence-corrected chi connectivity index (χ0v) is 17.6. The van der Waals surface area contributed by atoms with E-state index >= 15 is 0 Å². The molecular weight excluding hydrogens is 372 g/mol. The Labute approximate surface area is 178 Å². The third-order valence-electron chi connectivity index (χ3n) is 7.42. The number of amides is 2. The highest BCUT2D eigenvalue weighted by Crippen LogP contribution is 2.61. The van der Waals surface area contributed by atoms with E-state index in [1.54, 1.807) is 6.07 Å². The molecule has 0 unspecified atom stereocenters. The topological polar surface area (TPSA) is 58.2 Å². The number of carbonyl (C=O) groups is 2. The Morgan fingerprint density at radius 2 is 1.57 bits per heavy atom. The molecule has 2 aromatic rings. The molecule has 4 heteroatoms. The average molecular weight is 403 g/mol. The van der Waals surface area contributed by atoms with Crippen LogP contribution in [0.3, 0.4) is 0 Å². The molecule has 4 saturated carbocycles. The fourth-order valence-corrected chi connectivity index (χ4v) is 6.75. The monoisotopic (exact) mass is 402 g/mol. The van der Waals surface area contributed by atoms with Crippen LogP contribution in [0, 0.1) is 30.1 Å². The summed E-state index contributed by atoms with van der Waals surface area (Å²) in [5, 5.41) is 6.01. The van der Waals surface area contributed by atoms with Crippen LogP contribution in [0.4, 0.5) is 11.4 Å². The maximum Gasteiger partial charge on any atom is 0.257 e. The van der Waals surface area contributed by atoms with Crippen molar-refractivity contribution in [3.63, 3.8) is 0 Å². The van der Waals surface area contributed by atoms with Crippen LogP contribution in [0.15, 0.2) is 48.5 Å². The van der Waals surface area contributed by atoms with E-state index in [2.05, 4.69) is 10.6 Å². The first kappa shape index (κ1) is 19.3. The third-order valence-corrected chi connectivity index (χ3v) is 7.42. The molecule has 0 spiro atoms. The van der Waals surface area contributed by atoms with E-state index < -0.39 is 0 Å². The van der Waals surface area contributed by atoms with Crippen LogP contribution in [0.5, 0.6) is 0 Å². The lowest BCUT2D eigenvalue weighted by Gasteiger charge is -2.56. The smallest absolute Gasteiger partial charge is 0.257 e. The summed E-state index contributed by atoms with van der Waals surface area (Å²) in [6.45, 7) is 1.99. The SMILES string of the molecule is Cc1cccc(NC(=O)c2ccccc2NC(=O)CC23CC4CC(CC(C4)C2)C3)c1. The second-order valence-corrected chi connectivity index (χ2v) is 10.0. The van der Waals surface area contributed by atoms with Crippen molar-refractivity contribution in [1.82, 2.24) is 0 Å². The predicted molar refractivity (Wildman–Crippen MR) is 119 cm³/mol. The van der Waals surface area contributed by atoms with Gasteiger partial charge in [-0.15, -0.1) is 0 Å². The second kappa shape index (κ2) is 7.57. The van der Waals surface area contributed by atoms with E-state index in [1.807, 2.05) is 49.4 Å². The van der Waals surface area contributed by atoms with E-state index in [4.69, 9.17) is 0 Å². The van der Waals surface area contributed by atoms with Crippen LogP contribution < -0.4 is 10.6 Å². The van der Waals surface area contributed by atoms with Gasteiger partial charge in [0.05, 0.1) is 11.3 Å². The van der Waals surface area contributed by atoms with Crippen molar-refractivity contribution in [2.75, 3.05) is 10.6 Å². The molecule has 4 bridgehead atoms. The van der Waals surface area contributed by atoms with Gasteiger partial charge in [0.15, 0.2) is 0 Å². The largest absolute Gasteiger partial charge is 0.325 e. The Morgan fingerprint density at radius 3 is 2.23 bits per heavy atom. The lowest BCUT2D eigenvalue weighted by Crippen LogP contribution is -2.47. The maximum atomic E-state index is 13.0. The van der Waals surface area contributed by atoms with Gasteiger partial charge in [-0.05, 0) is 98.4 Å². The number of rotatable bonds is 5. The molecule has 4 aliphatic rings. The summed E-state index contributed by atoms with van der Waals surface area (Å²) in [7, 11) is 0. The van der Waals surface area contributed by atoms with Crippen LogP contribution in [0.25, 0.3) is 0 Å². The fraction of sp³-hybridized carbons (Fsp3) is 0.462. The second-order valence-electron chi connectivity index (χ2n) is 10.0. The number of aryl methyl sites for hydroxylation is 1. The van der Waals surface area contributed by atoms with Crippen LogP contribution in [0.1, 0.15) is 60.9 Å². The molecule has 2 amide bonds. The number of anilines is 2. The number of hydrogen-bond acceptors (Lipinski definition) is 2. The van der Waals surface area contributed by atoms with Crippen LogP contribution in [-0.2, 0) is 4.79 Å². The number of benzene rings is 2. The highest BCUT2D eigenvalue weighted by atomic mass is 16.2. The summed E-state index contributed by atoms with van der Waals surface area (Å²) in [4.78, 5) is 25.9. The number of nitrogens with one attached hydrogen (secondary N) is 2. The van der Waals surface area contributed by atoms with Gasteiger partial charge in [0, 0.05) is 12.1 Å². The molecule has 0 radical (unpaired) electrons. The number of hydrogen-bond donors (Lipinski definition) is 2. The molecule has 30 heavy (non-hydrogen) atoms. The zero-order valence-electron chi connectivity index (χ0n) is 17.6. The van der Waals surface area contributed by atoms with Gasteiger partial charge in [-0.2, -0.15) is 0 Å². The lowest BCUT2D eigenvalue weighted by atomic mass is 9.49. The van der Waals surface area contributed by atoms with Gasteiger partial charge in [0.25, 0.3) is 5.91 Å². The van der Waals surface area contributed by atoms with E-state index in [1.165, 1.54) is 38.5 Å². The number of para-hydroxylation sites is 1. The lowest BCUT2D eigenvalue weighted by molar-refractivity contribution is -0.124. The van der Waals surface area contributed by atoms with Crippen molar-refractivity contribution in [1.29, 1.82) is 0 Å². The Morgan fingerprint density at radius 1 is 0.900 bits per heavy atom. The molecule has 156 valence electrons. The quantitative estimate of drug-likeness (QED) is 0.665. The summed E-state index contributed by atoms with van der Waals surface area (Å²) in [6, 6.07) is 15.0. The first-order valence-corrected chi connectivity index (χ1v) is 11.2. The molecular formula is C26H30N2O2. The Hall–Kier alpha value is -2.62. The predicted octanol–water partition coefficient (Wildman–Crippen LogP) is 5.79. The van der Waals surface area contributed by atoms with Crippen LogP contribution >= 0.6 is 0 Å². The Kier molecular flexibility index (Phi) is 4.88. The minimum atomic E-state index is -0.202. The molecule has 4 fully saturated rings. The van der Waals surface area contributed by atoms with Gasteiger partial charge in [-0.1, -0.05) is 24.3 Å². The van der Waals surface area contributed by atoms with Gasteiger partial charge < -0.3 is 10.6 Å². The standard InChI is InChI=1S/C26H30N2O2/c1-17-5-4-6-21(9-17)27-25(30)22-7-2-3-8-23(22)28-24(29)16-26-13-18-10-19(14-26)12-20(11-18)15-26/h2-9,18-20H,10-16H2,1H3,(H,27,30)(H,28,29). The summed E-state index contributed by atoms with van der Waals surface area (Å²) >= 11 is 0. The molecule has 4 aliphatic carbocycles. The molecule has 2 aromatic carbocycles. The zero-order chi connectivity index (χ0) is 20.7. The van der Waals surface area contributed by atoms with E-state index in [-0.39, 0.29) is 17.2 Å². The number of carbonyl (C=O) groups excluding carboxylic acids is 2. The maximum absolute atomic E-state index is 13.0. The highest BCUT2D eigenvalue weighted by molar-refractivity contribution is 6.10. The van der Waals surface area contributed by atoms with Crippen molar-refractivity contribution in [2.45, 2.75) is 51.9 Å². The summed E-state index contributed by atoms with van der Waals surface area (Å²) in [6.07, 6.45) is 8.35. The van der Waals surface area contributed by atoms with Gasteiger partial charge in [0.1, 0.15) is 0 Å². The van der Waals surface area contributed by atoms with Gasteiger partial charge >= 0.3 is 0 Å². The molecule has 2 N–H and O–H groups in total. The Bertz CT molecular complexity index is 945. The highest BCUT2D eigenvalue weighted by Gasteiger charge is 2.51. The molecule has 0 aliphatic heterocycles. The summed E-state index contributed by atoms with van der Waals surface area (Å²) in [5.74, 6) is 2.34. The van der Waals surface area contributed by atoms with Crippen molar-refractivity contribution < 1.29 is 9.59 Å².